The fourth-order valence-electron chi connectivity index (χ4n) is 9.40. The van der Waals surface area contributed by atoms with E-state index in [0.29, 0.717) is 12.8 Å². The number of carbonyl (C=O) groups excluding carboxylic acids is 2. The van der Waals surface area contributed by atoms with Crippen molar-refractivity contribution < 1.29 is 63.1 Å². The number of ether oxygens (including phenoxy) is 2. The summed E-state index contributed by atoms with van der Waals surface area (Å²) in [5.41, 5.74) is 0. The molecule has 0 aromatic heterocycles. The molecule has 0 heterocycles. The maximum Gasteiger partial charge on any atom is 0.472 e. The van der Waals surface area contributed by atoms with Crippen molar-refractivity contribution in [3.63, 3.8) is 0 Å². The number of aliphatic hydroxyl groups excluding tert-OH is 5. The van der Waals surface area contributed by atoms with E-state index in [0.717, 1.165) is 38.5 Å². The highest BCUT2D eigenvalue weighted by Gasteiger charge is 2.51. The largest absolute Gasteiger partial charge is 0.472 e. The first-order chi connectivity index (χ1) is 34.4. The number of hydrogen-bond acceptors (Lipinski definition) is 12. The van der Waals surface area contributed by atoms with Crippen LogP contribution >= 0.6 is 7.82 Å². The van der Waals surface area contributed by atoms with Crippen molar-refractivity contribution >= 4 is 19.8 Å². The molecule has 1 aliphatic carbocycles. The Morgan fingerprint density at radius 1 is 0.423 bits per heavy atom. The lowest BCUT2D eigenvalue weighted by atomic mass is 9.85. The Bertz CT molecular complexity index is 1290. The van der Waals surface area contributed by atoms with Crippen LogP contribution in [-0.2, 0) is 32.7 Å². The van der Waals surface area contributed by atoms with Gasteiger partial charge in [-0.3, -0.25) is 18.6 Å². The molecule has 8 atom stereocenters. The van der Waals surface area contributed by atoms with Crippen molar-refractivity contribution in [1.82, 2.24) is 0 Å². The van der Waals surface area contributed by atoms with Crippen LogP contribution in [0, 0.1) is 0 Å². The van der Waals surface area contributed by atoms with Gasteiger partial charge in [-0.05, 0) is 38.5 Å². The summed E-state index contributed by atoms with van der Waals surface area (Å²) in [5, 5.41) is 50.4. The SMILES string of the molecule is CCCCCCCC/C=C/CCCCCCCCCCCCCC(=O)OC[C@@H](COP(=O)(O)OC1C(O)C(O)C(O)[C@H](O)C1O)OC(=O)CCCCCCCCCCCCCCCCCCCCCCC. The van der Waals surface area contributed by atoms with Crippen molar-refractivity contribution in [3.05, 3.63) is 12.2 Å². The van der Waals surface area contributed by atoms with E-state index >= 15 is 0 Å². The Kier molecular flexibility index (Phi) is 44.8. The second-order valence-corrected chi connectivity index (χ2v) is 22.3. The summed E-state index contributed by atoms with van der Waals surface area (Å²) in [6, 6.07) is 0. The lowest BCUT2D eigenvalue weighted by molar-refractivity contribution is -0.220. The molecule has 13 nitrogen and oxygen atoms in total. The summed E-state index contributed by atoms with van der Waals surface area (Å²) in [7, 11) is -5.12. The van der Waals surface area contributed by atoms with Crippen molar-refractivity contribution in [2.75, 3.05) is 13.2 Å². The Balaban J connectivity index is 2.31. The molecule has 6 unspecified atom stereocenters. The summed E-state index contributed by atoms with van der Waals surface area (Å²) in [4.78, 5) is 36.0. The molecule has 0 spiro atoms. The van der Waals surface area contributed by atoms with Crippen LogP contribution in [0.25, 0.3) is 0 Å². The van der Waals surface area contributed by atoms with Crippen LogP contribution < -0.4 is 0 Å². The van der Waals surface area contributed by atoms with Crippen molar-refractivity contribution in [2.24, 2.45) is 0 Å². The van der Waals surface area contributed by atoms with Gasteiger partial charge in [-0.15, -0.1) is 0 Å². The minimum Gasteiger partial charge on any atom is -0.462 e. The third kappa shape index (κ3) is 38.8. The molecule has 0 aliphatic heterocycles. The zero-order valence-electron chi connectivity index (χ0n) is 45.3. The van der Waals surface area contributed by atoms with Gasteiger partial charge in [-0.1, -0.05) is 244 Å². The van der Waals surface area contributed by atoms with Crippen molar-refractivity contribution in [2.45, 2.75) is 326 Å². The van der Waals surface area contributed by atoms with E-state index in [9.17, 15) is 44.6 Å². The molecule has 0 saturated heterocycles. The fourth-order valence-corrected chi connectivity index (χ4v) is 10.4. The summed E-state index contributed by atoms with van der Waals surface area (Å²) < 4.78 is 33.8. The summed E-state index contributed by atoms with van der Waals surface area (Å²) in [6.45, 7) is 3.37. The first-order valence-corrected chi connectivity index (χ1v) is 31.0. The summed E-state index contributed by atoms with van der Waals surface area (Å²) >= 11 is 0. The van der Waals surface area contributed by atoms with Gasteiger partial charge < -0.3 is 39.9 Å². The Morgan fingerprint density at radius 2 is 0.718 bits per heavy atom. The summed E-state index contributed by atoms with van der Waals surface area (Å²) in [6.07, 6.45) is 41.1. The van der Waals surface area contributed by atoms with Gasteiger partial charge in [0.25, 0.3) is 0 Å². The van der Waals surface area contributed by atoms with Gasteiger partial charge in [-0.25, -0.2) is 4.57 Å². The van der Waals surface area contributed by atoms with Gasteiger partial charge in [0, 0.05) is 12.8 Å². The average molecular weight is 1030 g/mol. The van der Waals surface area contributed by atoms with Crippen molar-refractivity contribution in [1.29, 1.82) is 0 Å². The Morgan fingerprint density at radius 3 is 1.07 bits per heavy atom. The summed E-state index contributed by atoms with van der Waals surface area (Å²) in [5.74, 6) is -1.08. The molecule has 71 heavy (non-hydrogen) atoms. The third-order valence-corrected chi connectivity index (χ3v) is 15.1. The average Bonchev–Trinajstić information content (AvgIpc) is 3.35. The van der Waals surface area contributed by atoms with E-state index in [1.54, 1.807) is 0 Å². The number of aliphatic hydroxyl groups is 5. The van der Waals surface area contributed by atoms with Gasteiger partial charge in [0.15, 0.2) is 6.10 Å². The van der Waals surface area contributed by atoms with Crippen LogP contribution in [0.4, 0.5) is 0 Å². The van der Waals surface area contributed by atoms with Gasteiger partial charge in [0.2, 0.25) is 0 Å². The maximum atomic E-state index is 12.9. The fraction of sp³-hybridized carbons (Fsp3) is 0.930. The van der Waals surface area contributed by atoms with Crippen LogP contribution in [0.3, 0.4) is 0 Å². The molecule has 1 saturated carbocycles. The zero-order valence-corrected chi connectivity index (χ0v) is 46.2. The van der Waals surface area contributed by atoms with Gasteiger partial charge in [0.1, 0.15) is 43.2 Å². The van der Waals surface area contributed by atoms with Gasteiger partial charge in [-0.2, -0.15) is 0 Å². The van der Waals surface area contributed by atoms with E-state index in [1.165, 1.54) is 205 Å². The highest BCUT2D eigenvalue weighted by atomic mass is 31.2. The standard InChI is InChI=1S/C57H109O13P/c1-3-5-7-9-11-13-15-17-19-21-23-25-27-29-31-33-35-37-39-41-43-45-50(58)67-47-49(48-68-71(65,66)70-57-55(63)53(61)52(60)54(62)56(57)64)69-51(59)46-44-42-40-38-36-34-32-30-28-26-24-22-20-18-16-14-12-10-8-6-4-2/h17,19,49,52-57,60-64H,3-16,18,20-48H2,1-2H3,(H,65,66)/b19-17+/t49-,52?,53-,54?,55?,56?,57?/m0/s1. The van der Waals surface area contributed by atoms with Crippen LogP contribution in [-0.4, -0.2) is 98.3 Å². The normalized spacial score (nSPS) is 20.6. The minimum atomic E-state index is -5.12. The van der Waals surface area contributed by atoms with E-state index in [1.807, 2.05) is 0 Å². The number of phosphoric ester groups is 1. The number of phosphoric acid groups is 1. The molecule has 1 rings (SSSR count). The molecule has 14 heteroatoms. The van der Waals surface area contributed by atoms with E-state index in [4.69, 9.17) is 18.5 Å². The second kappa shape index (κ2) is 47.1. The molecule has 420 valence electrons. The van der Waals surface area contributed by atoms with Crippen molar-refractivity contribution in [3.8, 4) is 0 Å². The molecule has 1 aliphatic rings. The van der Waals surface area contributed by atoms with E-state index in [-0.39, 0.29) is 12.8 Å². The molecule has 0 bridgehead atoms. The third-order valence-electron chi connectivity index (χ3n) is 14.1. The van der Waals surface area contributed by atoms with Crippen LogP contribution in [0.5, 0.6) is 0 Å². The van der Waals surface area contributed by atoms with Crippen LogP contribution in [0.2, 0.25) is 0 Å². The second-order valence-electron chi connectivity index (χ2n) is 20.9. The molecule has 0 radical (unpaired) electrons. The smallest absolute Gasteiger partial charge is 0.462 e. The van der Waals surface area contributed by atoms with E-state index < -0.39 is 75.7 Å². The quantitative estimate of drug-likeness (QED) is 0.0145. The molecule has 0 amide bonds. The lowest BCUT2D eigenvalue weighted by Gasteiger charge is -2.41. The Hall–Kier alpha value is -1.41. The number of esters is 2. The Labute approximate surface area is 433 Å². The number of hydrogen-bond donors (Lipinski definition) is 6. The predicted octanol–water partition coefficient (Wildman–Crippen LogP) is 13.7. The molecular weight excluding hydrogens is 924 g/mol. The molecular formula is C57H109O13P. The molecule has 6 N–H and O–H groups in total. The molecule has 0 aromatic rings. The highest BCUT2D eigenvalue weighted by Crippen LogP contribution is 2.47. The predicted molar refractivity (Wildman–Crippen MR) is 286 cm³/mol. The van der Waals surface area contributed by atoms with E-state index in [2.05, 4.69) is 26.0 Å². The lowest BCUT2D eigenvalue weighted by Crippen LogP contribution is -2.64. The maximum absolute atomic E-state index is 12.9. The first-order valence-electron chi connectivity index (χ1n) is 29.5. The number of carbonyl (C=O) groups is 2. The molecule has 1 fully saturated rings. The first kappa shape index (κ1) is 67.6. The monoisotopic (exact) mass is 1030 g/mol. The van der Waals surface area contributed by atoms with Crippen LogP contribution in [0.15, 0.2) is 12.2 Å². The number of unbranched alkanes of at least 4 members (excludes halogenated alkanes) is 37. The van der Waals surface area contributed by atoms with Gasteiger partial charge >= 0.3 is 19.8 Å². The zero-order chi connectivity index (χ0) is 52.1. The van der Waals surface area contributed by atoms with Crippen LogP contribution in [0.1, 0.15) is 284 Å². The van der Waals surface area contributed by atoms with Gasteiger partial charge in [0.05, 0.1) is 6.61 Å². The minimum absolute atomic E-state index is 0.104. The molecule has 0 aromatic carbocycles. The topological polar surface area (TPSA) is 210 Å². The number of allylic oxidation sites excluding steroid dienone is 2. The highest BCUT2D eigenvalue weighted by molar-refractivity contribution is 7.47. The number of rotatable bonds is 51.